The molecule has 0 radical (unpaired) electrons. The van der Waals surface area contributed by atoms with Gasteiger partial charge in [-0.05, 0) is 36.7 Å². The average molecular weight is 338 g/mol. The molecular weight excluding hydrogens is 318 g/mol. The molecule has 0 spiro atoms. The molecule has 0 saturated heterocycles. The first-order valence-corrected chi connectivity index (χ1v) is 7.58. The number of furan rings is 1. The zero-order valence-electron chi connectivity index (χ0n) is 11.9. The maximum absolute atomic E-state index is 5.68. The van der Waals surface area contributed by atoms with Crippen molar-refractivity contribution in [2.75, 3.05) is 6.54 Å². The molecule has 4 heteroatoms. The van der Waals surface area contributed by atoms with E-state index in [1.807, 2.05) is 30.3 Å². The molecule has 0 aliphatic carbocycles. The van der Waals surface area contributed by atoms with Crippen molar-refractivity contribution >= 4 is 15.9 Å². The van der Waals surface area contributed by atoms with Crippen molar-refractivity contribution in [3.05, 3.63) is 52.4 Å². The Morgan fingerprint density at radius 2 is 2.15 bits per heavy atom. The van der Waals surface area contributed by atoms with Crippen molar-refractivity contribution in [2.45, 2.75) is 27.0 Å². The predicted molar refractivity (Wildman–Crippen MR) is 83.7 cm³/mol. The summed E-state index contributed by atoms with van der Waals surface area (Å²) in [6.07, 6.45) is 1.78. The van der Waals surface area contributed by atoms with E-state index in [-0.39, 0.29) is 0 Å². The van der Waals surface area contributed by atoms with Crippen molar-refractivity contribution < 1.29 is 9.15 Å². The van der Waals surface area contributed by atoms with Crippen molar-refractivity contribution in [1.82, 2.24) is 5.32 Å². The van der Waals surface area contributed by atoms with Gasteiger partial charge in [0.1, 0.15) is 18.1 Å². The number of rotatable bonds is 7. The van der Waals surface area contributed by atoms with Gasteiger partial charge in [0, 0.05) is 16.6 Å². The quantitative estimate of drug-likeness (QED) is 0.814. The smallest absolute Gasteiger partial charge is 0.146 e. The Balaban J connectivity index is 1.80. The van der Waals surface area contributed by atoms with E-state index in [9.17, 15) is 0 Å². The molecule has 0 amide bonds. The summed E-state index contributed by atoms with van der Waals surface area (Å²) < 4.78 is 12.2. The van der Waals surface area contributed by atoms with E-state index >= 15 is 0 Å². The van der Waals surface area contributed by atoms with E-state index in [2.05, 4.69) is 35.1 Å². The minimum Gasteiger partial charge on any atom is -0.486 e. The first kappa shape index (κ1) is 15.1. The topological polar surface area (TPSA) is 34.4 Å². The molecule has 2 rings (SSSR count). The second-order valence-electron chi connectivity index (χ2n) is 5.19. The first-order valence-electron chi connectivity index (χ1n) is 6.79. The fourth-order valence-electron chi connectivity index (χ4n) is 1.81. The Morgan fingerprint density at radius 3 is 2.90 bits per heavy atom. The van der Waals surface area contributed by atoms with E-state index < -0.39 is 0 Å². The molecule has 0 fully saturated rings. The van der Waals surface area contributed by atoms with E-state index in [0.717, 1.165) is 34.6 Å². The van der Waals surface area contributed by atoms with Gasteiger partial charge in [0.15, 0.2) is 0 Å². The third kappa shape index (κ3) is 5.02. The highest BCUT2D eigenvalue weighted by Crippen LogP contribution is 2.19. The van der Waals surface area contributed by atoms with Crippen LogP contribution in [0.3, 0.4) is 0 Å². The van der Waals surface area contributed by atoms with Crippen LogP contribution in [-0.2, 0) is 13.2 Å². The molecule has 0 aliphatic heterocycles. The van der Waals surface area contributed by atoms with Gasteiger partial charge in [0.05, 0.1) is 6.26 Å². The molecule has 2 aromatic rings. The summed E-state index contributed by atoms with van der Waals surface area (Å²) in [5.74, 6) is 2.32. The Kier molecular flexibility index (Phi) is 5.68. The molecule has 0 atom stereocenters. The van der Waals surface area contributed by atoms with Crippen LogP contribution < -0.4 is 10.1 Å². The SMILES string of the molecule is CC(C)CNCc1coc(COc2cccc(Br)c2)c1. The number of benzene rings is 1. The number of ether oxygens (including phenoxy) is 1. The second-order valence-corrected chi connectivity index (χ2v) is 6.11. The van der Waals surface area contributed by atoms with E-state index in [4.69, 9.17) is 9.15 Å². The van der Waals surface area contributed by atoms with Crippen LogP contribution in [0.5, 0.6) is 5.75 Å². The number of hydrogen-bond donors (Lipinski definition) is 1. The van der Waals surface area contributed by atoms with Crippen LogP contribution in [0.25, 0.3) is 0 Å². The highest BCUT2D eigenvalue weighted by molar-refractivity contribution is 9.10. The summed E-state index contributed by atoms with van der Waals surface area (Å²) >= 11 is 3.42. The van der Waals surface area contributed by atoms with Crippen molar-refractivity contribution in [1.29, 1.82) is 0 Å². The van der Waals surface area contributed by atoms with Gasteiger partial charge < -0.3 is 14.5 Å². The first-order chi connectivity index (χ1) is 9.63. The van der Waals surface area contributed by atoms with Crippen LogP contribution in [0.4, 0.5) is 0 Å². The molecule has 1 heterocycles. The Labute approximate surface area is 128 Å². The van der Waals surface area contributed by atoms with Gasteiger partial charge in [0.2, 0.25) is 0 Å². The largest absolute Gasteiger partial charge is 0.486 e. The molecule has 1 N–H and O–H groups in total. The van der Waals surface area contributed by atoms with Crippen LogP contribution >= 0.6 is 15.9 Å². The fourth-order valence-corrected chi connectivity index (χ4v) is 2.19. The lowest BCUT2D eigenvalue weighted by Crippen LogP contribution is -2.18. The molecule has 3 nitrogen and oxygen atoms in total. The van der Waals surface area contributed by atoms with E-state index in [1.165, 1.54) is 0 Å². The third-order valence-electron chi connectivity index (χ3n) is 2.77. The van der Waals surface area contributed by atoms with Crippen molar-refractivity contribution in [2.24, 2.45) is 5.92 Å². The monoisotopic (exact) mass is 337 g/mol. The van der Waals surface area contributed by atoms with Crippen LogP contribution in [-0.4, -0.2) is 6.54 Å². The molecule has 20 heavy (non-hydrogen) atoms. The van der Waals surface area contributed by atoms with Crippen molar-refractivity contribution in [3.8, 4) is 5.75 Å². The lowest BCUT2D eigenvalue weighted by atomic mass is 10.2. The highest BCUT2D eigenvalue weighted by atomic mass is 79.9. The van der Waals surface area contributed by atoms with Gasteiger partial charge in [-0.15, -0.1) is 0 Å². The lowest BCUT2D eigenvalue weighted by Gasteiger charge is -2.05. The maximum Gasteiger partial charge on any atom is 0.146 e. The van der Waals surface area contributed by atoms with Gasteiger partial charge in [-0.25, -0.2) is 0 Å². The molecular formula is C16H20BrNO2. The fraction of sp³-hybridized carbons (Fsp3) is 0.375. The Bertz CT molecular complexity index is 537. The van der Waals surface area contributed by atoms with Crippen LogP contribution in [0.15, 0.2) is 45.5 Å². The number of hydrogen-bond acceptors (Lipinski definition) is 3. The summed E-state index contributed by atoms with van der Waals surface area (Å²) in [6, 6.07) is 9.82. The molecule has 0 bridgehead atoms. The zero-order chi connectivity index (χ0) is 14.4. The Morgan fingerprint density at radius 1 is 1.30 bits per heavy atom. The number of nitrogens with one attached hydrogen (secondary N) is 1. The minimum atomic E-state index is 0.445. The standard InChI is InChI=1S/C16H20BrNO2/c1-12(2)8-18-9-13-6-16(19-10-13)11-20-15-5-3-4-14(17)7-15/h3-7,10,12,18H,8-9,11H2,1-2H3. The van der Waals surface area contributed by atoms with Crippen LogP contribution in [0, 0.1) is 5.92 Å². The molecule has 0 saturated carbocycles. The van der Waals surface area contributed by atoms with Gasteiger partial charge in [-0.3, -0.25) is 0 Å². The van der Waals surface area contributed by atoms with Crippen LogP contribution in [0.2, 0.25) is 0 Å². The Hall–Kier alpha value is -1.26. The highest BCUT2D eigenvalue weighted by Gasteiger charge is 2.03. The minimum absolute atomic E-state index is 0.445. The predicted octanol–water partition coefficient (Wildman–Crippen LogP) is 4.37. The average Bonchev–Trinajstić information content (AvgIpc) is 2.84. The molecule has 0 unspecified atom stereocenters. The molecule has 0 aliphatic rings. The van der Waals surface area contributed by atoms with Gasteiger partial charge in [-0.2, -0.15) is 0 Å². The zero-order valence-corrected chi connectivity index (χ0v) is 13.4. The summed E-state index contributed by atoms with van der Waals surface area (Å²) in [5, 5.41) is 3.39. The molecule has 108 valence electrons. The van der Waals surface area contributed by atoms with Gasteiger partial charge >= 0.3 is 0 Å². The summed E-state index contributed by atoms with van der Waals surface area (Å²) in [6.45, 7) is 6.67. The van der Waals surface area contributed by atoms with Crippen LogP contribution in [0.1, 0.15) is 25.2 Å². The normalized spacial score (nSPS) is 11.0. The summed E-state index contributed by atoms with van der Waals surface area (Å²) in [7, 11) is 0. The van der Waals surface area contributed by atoms with Gasteiger partial charge in [-0.1, -0.05) is 35.8 Å². The summed E-state index contributed by atoms with van der Waals surface area (Å²) in [5.41, 5.74) is 1.15. The molecule has 1 aromatic heterocycles. The third-order valence-corrected chi connectivity index (χ3v) is 3.26. The van der Waals surface area contributed by atoms with Crippen molar-refractivity contribution in [3.63, 3.8) is 0 Å². The number of halogens is 1. The maximum atomic E-state index is 5.68. The molecule has 1 aromatic carbocycles. The van der Waals surface area contributed by atoms with E-state index in [1.54, 1.807) is 6.26 Å². The van der Waals surface area contributed by atoms with E-state index in [0.29, 0.717) is 12.5 Å². The van der Waals surface area contributed by atoms with Gasteiger partial charge in [0.25, 0.3) is 0 Å². The lowest BCUT2D eigenvalue weighted by molar-refractivity contribution is 0.270. The summed E-state index contributed by atoms with van der Waals surface area (Å²) in [4.78, 5) is 0. The second kappa shape index (κ2) is 7.50.